The summed E-state index contributed by atoms with van der Waals surface area (Å²) in [4.78, 5) is 17.6. The summed E-state index contributed by atoms with van der Waals surface area (Å²) in [6.45, 7) is 2.46. The SMILES string of the molecule is CCc1ccc(N=C2NC(=O)/C(=C/c3ccccc3OCc3ccccc3Cl)S2)cc1. The van der Waals surface area contributed by atoms with E-state index in [1.54, 1.807) is 0 Å². The molecule has 0 atom stereocenters. The number of carbonyl (C=O) groups is 1. The first kappa shape index (κ1) is 21.2. The highest BCUT2D eigenvalue weighted by Crippen LogP contribution is 2.31. The molecule has 1 heterocycles. The highest BCUT2D eigenvalue weighted by molar-refractivity contribution is 8.18. The van der Waals surface area contributed by atoms with Gasteiger partial charge in [-0.05, 0) is 54.1 Å². The molecule has 156 valence electrons. The van der Waals surface area contributed by atoms with Crippen LogP contribution < -0.4 is 10.1 Å². The number of amidine groups is 1. The first-order chi connectivity index (χ1) is 15.1. The second kappa shape index (κ2) is 9.86. The maximum absolute atomic E-state index is 12.5. The first-order valence-electron chi connectivity index (χ1n) is 9.96. The number of aliphatic imine (C=N–C) groups is 1. The van der Waals surface area contributed by atoms with E-state index in [9.17, 15) is 4.79 Å². The number of benzene rings is 3. The van der Waals surface area contributed by atoms with E-state index in [0.29, 0.717) is 27.5 Å². The van der Waals surface area contributed by atoms with Gasteiger partial charge in [-0.3, -0.25) is 4.79 Å². The van der Waals surface area contributed by atoms with Crippen LogP contribution in [0.1, 0.15) is 23.6 Å². The van der Waals surface area contributed by atoms with Crippen molar-refractivity contribution < 1.29 is 9.53 Å². The van der Waals surface area contributed by atoms with Crippen molar-refractivity contribution in [2.24, 2.45) is 4.99 Å². The Morgan fingerprint density at radius 1 is 1.03 bits per heavy atom. The molecule has 4 nitrogen and oxygen atoms in total. The van der Waals surface area contributed by atoms with Crippen molar-refractivity contribution in [1.29, 1.82) is 0 Å². The van der Waals surface area contributed by atoms with Crippen LogP contribution in [0.2, 0.25) is 5.02 Å². The van der Waals surface area contributed by atoms with Gasteiger partial charge in [-0.2, -0.15) is 0 Å². The Hall–Kier alpha value is -3.02. The van der Waals surface area contributed by atoms with E-state index in [-0.39, 0.29) is 5.91 Å². The Bertz CT molecular complexity index is 1160. The third kappa shape index (κ3) is 5.37. The van der Waals surface area contributed by atoms with Gasteiger partial charge in [-0.25, -0.2) is 4.99 Å². The predicted molar refractivity (Wildman–Crippen MR) is 129 cm³/mol. The highest BCUT2D eigenvalue weighted by atomic mass is 35.5. The van der Waals surface area contributed by atoms with Crippen molar-refractivity contribution in [2.45, 2.75) is 20.0 Å². The van der Waals surface area contributed by atoms with E-state index in [1.807, 2.05) is 78.9 Å². The fourth-order valence-electron chi connectivity index (χ4n) is 3.05. The zero-order chi connectivity index (χ0) is 21.6. The average Bonchev–Trinajstić information content (AvgIpc) is 3.13. The van der Waals surface area contributed by atoms with Crippen molar-refractivity contribution in [1.82, 2.24) is 5.32 Å². The fourth-order valence-corrected chi connectivity index (χ4v) is 4.07. The lowest BCUT2D eigenvalue weighted by Gasteiger charge is -2.10. The van der Waals surface area contributed by atoms with Gasteiger partial charge < -0.3 is 10.1 Å². The van der Waals surface area contributed by atoms with E-state index in [4.69, 9.17) is 16.3 Å². The molecule has 0 bridgehead atoms. The third-order valence-corrected chi connectivity index (χ3v) is 6.05. The van der Waals surface area contributed by atoms with Crippen LogP contribution in [0, 0.1) is 0 Å². The van der Waals surface area contributed by atoms with Gasteiger partial charge in [0.05, 0.1) is 10.6 Å². The zero-order valence-electron chi connectivity index (χ0n) is 17.0. The lowest BCUT2D eigenvalue weighted by Crippen LogP contribution is -2.19. The molecular weight excluding hydrogens is 428 g/mol. The quantitative estimate of drug-likeness (QED) is 0.445. The van der Waals surface area contributed by atoms with Gasteiger partial charge in [-0.1, -0.05) is 67.1 Å². The smallest absolute Gasteiger partial charge is 0.264 e. The molecule has 31 heavy (non-hydrogen) atoms. The number of nitrogens with zero attached hydrogens (tertiary/aromatic N) is 1. The fraction of sp³-hybridized carbons (Fsp3) is 0.120. The van der Waals surface area contributed by atoms with Gasteiger partial charge in [0.2, 0.25) is 0 Å². The number of thioether (sulfide) groups is 1. The van der Waals surface area contributed by atoms with Crippen molar-refractivity contribution in [3.8, 4) is 5.75 Å². The van der Waals surface area contributed by atoms with Crippen LogP contribution >= 0.6 is 23.4 Å². The van der Waals surface area contributed by atoms with E-state index >= 15 is 0 Å². The molecule has 0 radical (unpaired) electrons. The molecule has 4 rings (SSSR count). The van der Waals surface area contributed by atoms with Gasteiger partial charge in [0, 0.05) is 16.1 Å². The molecule has 1 fully saturated rings. The van der Waals surface area contributed by atoms with Gasteiger partial charge in [0.15, 0.2) is 5.17 Å². The molecule has 0 saturated carbocycles. The number of rotatable bonds is 6. The maximum atomic E-state index is 12.5. The summed E-state index contributed by atoms with van der Waals surface area (Å²) in [5.41, 5.74) is 3.79. The summed E-state index contributed by atoms with van der Waals surface area (Å²) in [6, 6.07) is 23.2. The molecule has 1 amide bonds. The molecule has 1 saturated heterocycles. The van der Waals surface area contributed by atoms with E-state index in [0.717, 1.165) is 23.2 Å². The van der Waals surface area contributed by atoms with Gasteiger partial charge in [-0.15, -0.1) is 0 Å². The third-order valence-electron chi connectivity index (χ3n) is 4.77. The number of para-hydroxylation sites is 1. The summed E-state index contributed by atoms with van der Waals surface area (Å²) >= 11 is 7.54. The largest absolute Gasteiger partial charge is 0.488 e. The zero-order valence-corrected chi connectivity index (χ0v) is 18.5. The summed E-state index contributed by atoms with van der Waals surface area (Å²) in [5, 5.41) is 4.06. The molecule has 3 aromatic rings. The topological polar surface area (TPSA) is 50.7 Å². The lowest BCUT2D eigenvalue weighted by molar-refractivity contribution is -0.115. The second-order valence-electron chi connectivity index (χ2n) is 6.92. The van der Waals surface area contributed by atoms with Crippen molar-refractivity contribution in [2.75, 3.05) is 0 Å². The summed E-state index contributed by atoms with van der Waals surface area (Å²) in [7, 11) is 0. The average molecular weight is 449 g/mol. The minimum Gasteiger partial charge on any atom is -0.488 e. The Labute approximate surface area is 191 Å². The van der Waals surface area contributed by atoms with Crippen LogP contribution in [0.5, 0.6) is 5.75 Å². The van der Waals surface area contributed by atoms with Gasteiger partial charge in [0.25, 0.3) is 5.91 Å². The van der Waals surface area contributed by atoms with Crippen LogP contribution in [0.15, 0.2) is 82.7 Å². The number of carbonyl (C=O) groups excluding carboxylic acids is 1. The normalized spacial score (nSPS) is 16.0. The van der Waals surface area contributed by atoms with E-state index < -0.39 is 0 Å². The molecule has 0 unspecified atom stereocenters. The van der Waals surface area contributed by atoms with Crippen molar-refractivity contribution >= 4 is 46.2 Å². The number of aryl methyl sites for hydroxylation is 1. The Kier molecular flexibility index (Phi) is 6.75. The standard InChI is InChI=1S/C25H21ClN2O2S/c1-2-17-11-13-20(14-12-17)27-25-28-24(29)23(31-25)15-18-7-4-6-10-22(18)30-16-19-8-3-5-9-21(19)26/h3-15H,2,16H2,1H3,(H,27,28,29)/b23-15-. The molecule has 3 aromatic carbocycles. The van der Waals surface area contributed by atoms with Crippen LogP contribution in [0.25, 0.3) is 6.08 Å². The number of amides is 1. The van der Waals surface area contributed by atoms with Crippen LogP contribution in [-0.4, -0.2) is 11.1 Å². The highest BCUT2D eigenvalue weighted by Gasteiger charge is 2.24. The molecule has 0 spiro atoms. The molecule has 1 aliphatic heterocycles. The molecule has 6 heteroatoms. The number of ether oxygens (including phenoxy) is 1. The van der Waals surface area contributed by atoms with Crippen molar-refractivity contribution in [3.63, 3.8) is 0 Å². The van der Waals surface area contributed by atoms with Crippen LogP contribution in [0.4, 0.5) is 5.69 Å². The Balaban J connectivity index is 1.51. The predicted octanol–water partition coefficient (Wildman–Crippen LogP) is 6.37. The number of halogens is 1. The lowest BCUT2D eigenvalue weighted by atomic mass is 10.1. The number of nitrogens with one attached hydrogen (secondary N) is 1. The molecule has 1 aliphatic rings. The van der Waals surface area contributed by atoms with Gasteiger partial charge >= 0.3 is 0 Å². The van der Waals surface area contributed by atoms with Crippen LogP contribution in [-0.2, 0) is 17.8 Å². The summed E-state index contributed by atoms with van der Waals surface area (Å²) < 4.78 is 5.99. The Morgan fingerprint density at radius 3 is 2.55 bits per heavy atom. The van der Waals surface area contributed by atoms with E-state index in [1.165, 1.54) is 17.3 Å². The van der Waals surface area contributed by atoms with Gasteiger partial charge in [0.1, 0.15) is 12.4 Å². The number of hydrogen-bond acceptors (Lipinski definition) is 4. The molecule has 0 aliphatic carbocycles. The summed E-state index contributed by atoms with van der Waals surface area (Å²) in [6.07, 6.45) is 2.80. The minimum atomic E-state index is -0.171. The minimum absolute atomic E-state index is 0.171. The van der Waals surface area contributed by atoms with Crippen LogP contribution in [0.3, 0.4) is 0 Å². The second-order valence-corrected chi connectivity index (χ2v) is 8.36. The maximum Gasteiger partial charge on any atom is 0.264 e. The molecular formula is C25H21ClN2O2S. The number of hydrogen-bond donors (Lipinski definition) is 1. The Morgan fingerprint density at radius 2 is 1.77 bits per heavy atom. The van der Waals surface area contributed by atoms with E-state index in [2.05, 4.69) is 17.2 Å². The monoisotopic (exact) mass is 448 g/mol. The molecule has 1 N–H and O–H groups in total. The van der Waals surface area contributed by atoms with Crippen molar-refractivity contribution in [3.05, 3.63) is 99.4 Å². The molecule has 0 aromatic heterocycles. The first-order valence-corrected chi connectivity index (χ1v) is 11.2. The summed E-state index contributed by atoms with van der Waals surface area (Å²) in [5.74, 6) is 0.513.